The molecule has 0 saturated carbocycles. The maximum atomic E-state index is 6.09. The molecular weight excluding hydrogens is 286 g/mol. The summed E-state index contributed by atoms with van der Waals surface area (Å²) in [5, 5.41) is 2.44. The predicted molar refractivity (Wildman–Crippen MR) is 94.8 cm³/mol. The third-order valence-electron chi connectivity index (χ3n) is 4.19. The van der Waals surface area contributed by atoms with Crippen molar-refractivity contribution in [3.05, 3.63) is 66.7 Å². The summed E-state index contributed by atoms with van der Waals surface area (Å²) in [6.07, 6.45) is -0.0296. The fourth-order valence-electron chi connectivity index (χ4n) is 2.90. The average Bonchev–Trinajstić information content (AvgIpc) is 2.89. The average molecular weight is 305 g/mol. The van der Waals surface area contributed by atoms with E-state index in [2.05, 4.69) is 59.2 Å². The van der Waals surface area contributed by atoms with Crippen LogP contribution in [0, 0.1) is 0 Å². The number of nitrogens with zero attached hydrogens (tertiary/aromatic N) is 1. The number of hydrogen-bond donors (Lipinski definition) is 2. The van der Waals surface area contributed by atoms with Gasteiger partial charge in [0.25, 0.3) is 0 Å². The summed E-state index contributed by atoms with van der Waals surface area (Å²) in [6.45, 7) is 0.677. The second kappa shape index (κ2) is 5.82. The molecule has 0 fully saturated rings. The molecule has 3 aromatic rings. The summed E-state index contributed by atoms with van der Waals surface area (Å²) < 4.78 is 6.09. The summed E-state index contributed by atoms with van der Waals surface area (Å²) in [5.74, 6) is 0.942. The number of nitrogens with one attached hydrogen (secondary N) is 2. The molecule has 0 radical (unpaired) electrons. The van der Waals surface area contributed by atoms with E-state index < -0.39 is 0 Å². The Labute approximate surface area is 135 Å². The number of benzene rings is 3. The van der Waals surface area contributed by atoms with Crippen LogP contribution in [0.2, 0.25) is 0 Å². The van der Waals surface area contributed by atoms with E-state index in [9.17, 15) is 0 Å². The molecule has 1 unspecified atom stereocenters. The van der Waals surface area contributed by atoms with E-state index in [0.717, 1.165) is 17.1 Å². The number of likely N-dealkylation sites (N-methyl/N-ethyl adjacent to an activating group) is 1. The molecule has 1 heterocycles. The molecule has 0 aliphatic carbocycles. The first-order valence-electron chi connectivity index (χ1n) is 7.77. The maximum Gasteiger partial charge on any atom is 0.186 e. The fourth-order valence-corrected chi connectivity index (χ4v) is 2.90. The van der Waals surface area contributed by atoms with Gasteiger partial charge in [0, 0.05) is 12.7 Å². The number of para-hydroxylation sites is 1. The molecule has 4 nitrogen and oxygen atoms in total. The van der Waals surface area contributed by atoms with Gasteiger partial charge in [0.1, 0.15) is 5.75 Å². The van der Waals surface area contributed by atoms with E-state index in [0.29, 0.717) is 6.54 Å². The van der Waals surface area contributed by atoms with Gasteiger partial charge in [-0.1, -0.05) is 42.5 Å². The van der Waals surface area contributed by atoms with Crippen molar-refractivity contribution in [2.24, 2.45) is 0 Å². The summed E-state index contributed by atoms with van der Waals surface area (Å²) in [7, 11) is 2.06. The van der Waals surface area contributed by atoms with Gasteiger partial charge in [-0.15, -0.1) is 0 Å². The van der Waals surface area contributed by atoms with Crippen LogP contribution >= 0.6 is 0 Å². The molecule has 2 N–H and O–H groups in total. The van der Waals surface area contributed by atoms with Crippen LogP contribution in [0.1, 0.15) is 0 Å². The highest BCUT2D eigenvalue weighted by Gasteiger charge is 2.28. The largest absolute Gasteiger partial charge is 0.467 e. The van der Waals surface area contributed by atoms with Crippen LogP contribution in [-0.4, -0.2) is 19.8 Å². The number of anilines is 2. The number of fused-ring (bicyclic) bond motifs is 2. The summed E-state index contributed by atoms with van der Waals surface area (Å²) in [4.78, 5) is 2.17. The van der Waals surface area contributed by atoms with Gasteiger partial charge < -0.3 is 15.1 Å². The Hall–Kier alpha value is -2.72. The predicted octanol–water partition coefficient (Wildman–Crippen LogP) is 3.61. The van der Waals surface area contributed by atoms with E-state index in [1.165, 1.54) is 10.8 Å². The normalized spacial score (nSPS) is 16.2. The Morgan fingerprint density at radius 2 is 1.65 bits per heavy atom. The van der Waals surface area contributed by atoms with Crippen LogP contribution < -0.4 is 20.5 Å². The fraction of sp³-hybridized carbons (Fsp3) is 0.158. The van der Waals surface area contributed by atoms with Gasteiger partial charge in [-0.2, -0.15) is 0 Å². The first-order valence-corrected chi connectivity index (χ1v) is 7.77. The molecule has 0 saturated heterocycles. The molecule has 4 heteroatoms. The van der Waals surface area contributed by atoms with E-state index >= 15 is 0 Å². The van der Waals surface area contributed by atoms with Crippen molar-refractivity contribution >= 4 is 22.1 Å². The van der Waals surface area contributed by atoms with Gasteiger partial charge in [0.15, 0.2) is 6.23 Å². The molecule has 116 valence electrons. The molecule has 1 atom stereocenters. The van der Waals surface area contributed by atoms with Crippen molar-refractivity contribution in [1.82, 2.24) is 5.43 Å². The van der Waals surface area contributed by atoms with Crippen molar-refractivity contribution in [2.45, 2.75) is 6.23 Å². The Morgan fingerprint density at radius 1 is 0.957 bits per heavy atom. The lowest BCUT2D eigenvalue weighted by Gasteiger charge is -2.21. The first-order chi connectivity index (χ1) is 11.3. The minimum atomic E-state index is -0.0296. The molecule has 1 aliphatic rings. The van der Waals surface area contributed by atoms with Gasteiger partial charge in [-0.05, 0) is 35.0 Å². The third kappa shape index (κ3) is 2.69. The van der Waals surface area contributed by atoms with Crippen molar-refractivity contribution in [3.63, 3.8) is 0 Å². The molecule has 4 rings (SSSR count). The van der Waals surface area contributed by atoms with Gasteiger partial charge in [-0.25, -0.2) is 5.43 Å². The SMILES string of the molecule is CN1c2cc3ccccc3cc2OC1CNNc1ccccc1. The van der Waals surface area contributed by atoms with Gasteiger partial charge in [0.05, 0.1) is 12.2 Å². The minimum absolute atomic E-state index is 0.0296. The van der Waals surface area contributed by atoms with E-state index in [-0.39, 0.29) is 6.23 Å². The van der Waals surface area contributed by atoms with Crippen molar-refractivity contribution in [3.8, 4) is 5.75 Å². The first kappa shape index (κ1) is 13.9. The van der Waals surface area contributed by atoms with E-state index in [4.69, 9.17) is 4.74 Å². The minimum Gasteiger partial charge on any atom is -0.467 e. The monoisotopic (exact) mass is 305 g/mol. The highest BCUT2D eigenvalue weighted by atomic mass is 16.5. The zero-order valence-electron chi connectivity index (χ0n) is 13.0. The Morgan fingerprint density at radius 3 is 2.43 bits per heavy atom. The van der Waals surface area contributed by atoms with Gasteiger partial charge in [0.2, 0.25) is 0 Å². The third-order valence-corrected chi connectivity index (χ3v) is 4.19. The molecule has 3 aromatic carbocycles. The topological polar surface area (TPSA) is 36.5 Å². The zero-order valence-corrected chi connectivity index (χ0v) is 13.0. The van der Waals surface area contributed by atoms with Crippen LogP contribution in [0.25, 0.3) is 10.8 Å². The highest BCUT2D eigenvalue weighted by Crippen LogP contribution is 2.39. The molecule has 0 aromatic heterocycles. The van der Waals surface area contributed by atoms with Crippen molar-refractivity contribution in [2.75, 3.05) is 23.9 Å². The Bertz CT molecular complexity index is 819. The molecular formula is C19H19N3O. The standard InChI is InChI=1S/C19H19N3O/c1-22-17-11-14-7-5-6-8-15(14)12-18(17)23-19(22)13-20-21-16-9-3-2-4-10-16/h2-12,19-21H,13H2,1H3. The smallest absolute Gasteiger partial charge is 0.186 e. The number of hydrogen-bond acceptors (Lipinski definition) is 4. The highest BCUT2D eigenvalue weighted by molar-refractivity contribution is 5.89. The maximum absolute atomic E-state index is 6.09. The van der Waals surface area contributed by atoms with E-state index in [1.54, 1.807) is 0 Å². The number of rotatable bonds is 4. The lowest BCUT2D eigenvalue weighted by atomic mass is 10.1. The van der Waals surface area contributed by atoms with Crippen LogP contribution in [0.3, 0.4) is 0 Å². The summed E-state index contributed by atoms with van der Waals surface area (Å²) >= 11 is 0. The second-order valence-electron chi connectivity index (χ2n) is 5.72. The van der Waals surface area contributed by atoms with Crippen molar-refractivity contribution in [1.29, 1.82) is 0 Å². The summed E-state index contributed by atoms with van der Waals surface area (Å²) in [5.41, 5.74) is 8.60. The summed E-state index contributed by atoms with van der Waals surface area (Å²) in [6, 6.07) is 22.7. The Balaban J connectivity index is 1.46. The zero-order chi connectivity index (χ0) is 15.6. The lowest BCUT2D eigenvalue weighted by molar-refractivity contribution is 0.228. The molecule has 23 heavy (non-hydrogen) atoms. The van der Waals surface area contributed by atoms with Crippen LogP contribution in [-0.2, 0) is 0 Å². The van der Waals surface area contributed by atoms with Crippen LogP contribution in [0.4, 0.5) is 11.4 Å². The molecule has 0 amide bonds. The molecule has 0 bridgehead atoms. The van der Waals surface area contributed by atoms with Crippen LogP contribution in [0.15, 0.2) is 66.7 Å². The van der Waals surface area contributed by atoms with Crippen LogP contribution in [0.5, 0.6) is 5.75 Å². The molecule has 1 aliphatic heterocycles. The van der Waals surface area contributed by atoms with Gasteiger partial charge in [-0.3, -0.25) is 0 Å². The quantitative estimate of drug-likeness (QED) is 0.722. The molecule has 0 spiro atoms. The second-order valence-corrected chi connectivity index (χ2v) is 5.72. The Kier molecular flexibility index (Phi) is 3.52. The van der Waals surface area contributed by atoms with Gasteiger partial charge >= 0.3 is 0 Å². The van der Waals surface area contributed by atoms with Crippen molar-refractivity contribution < 1.29 is 4.74 Å². The van der Waals surface area contributed by atoms with E-state index in [1.807, 2.05) is 30.3 Å². The number of hydrazine groups is 1. The number of ether oxygens (including phenoxy) is 1. The lowest BCUT2D eigenvalue weighted by Crippen LogP contribution is -2.42.